The third-order valence-electron chi connectivity index (χ3n) is 3.84. The minimum absolute atomic E-state index is 0.139. The molecule has 0 aliphatic carbocycles. The fourth-order valence-corrected chi connectivity index (χ4v) is 2.68. The number of halogens is 1. The number of pyridine rings is 1. The summed E-state index contributed by atoms with van der Waals surface area (Å²) in [4.78, 5) is 26.7. The molecule has 0 saturated carbocycles. The van der Waals surface area contributed by atoms with E-state index in [9.17, 15) is 4.79 Å². The van der Waals surface area contributed by atoms with Gasteiger partial charge in [-0.15, -0.1) is 0 Å². The van der Waals surface area contributed by atoms with Gasteiger partial charge in [-0.1, -0.05) is 23.3 Å². The van der Waals surface area contributed by atoms with Crippen molar-refractivity contribution in [1.29, 1.82) is 0 Å². The number of nitrogens with one attached hydrogen (secondary N) is 1. The van der Waals surface area contributed by atoms with Gasteiger partial charge in [0.15, 0.2) is 0 Å². The summed E-state index contributed by atoms with van der Waals surface area (Å²) >= 11 is 5.80. The number of amides is 1. The van der Waals surface area contributed by atoms with Crippen LogP contribution in [0.5, 0.6) is 0 Å². The molecule has 0 radical (unpaired) electrons. The second-order valence-electron chi connectivity index (χ2n) is 5.56. The smallest absolute Gasteiger partial charge is 0.251 e. The second kappa shape index (κ2) is 7.99. The predicted molar refractivity (Wildman–Crippen MR) is 91.6 cm³/mol. The van der Waals surface area contributed by atoms with Crippen LogP contribution in [-0.2, 0) is 6.54 Å². The Hall–Kier alpha value is -2.31. The van der Waals surface area contributed by atoms with Crippen molar-refractivity contribution in [3.63, 3.8) is 0 Å². The van der Waals surface area contributed by atoms with E-state index < -0.39 is 0 Å². The third-order valence-corrected chi connectivity index (χ3v) is 4.04. The summed E-state index contributed by atoms with van der Waals surface area (Å²) in [5, 5.41) is 3.24. The third kappa shape index (κ3) is 4.59. The Morgan fingerprint density at radius 3 is 2.79 bits per heavy atom. The fourth-order valence-electron chi connectivity index (χ4n) is 2.51. The Balaban J connectivity index is 1.48. The summed E-state index contributed by atoms with van der Waals surface area (Å²) in [5.41, 5.74) is 1.75. The van der Waals surface area contributed by atoms with E-state index in [1.54, 1.807) is 24.5 Å². The molecule has 0 bridgehead atoms. The first kappa shape index (κ1) is 16.5. The van der Waals surface area contributed by atoms with E-state index in [1.165, 1.54) is 11.8 Å². The summed E-state index contributed by atoms with van der Waals surface area (Å²) in [6, 6.07) is 5.03. The van der Waals surface area contributed by atoms with E-state index in [0.717, 1.165) is 31.9 Å². The minimum Gasteiger partial charge on any atom is -0.348 e. The van der Waals surface area contributed by atoms with Crippen molar-refractivity contribution >= 4 is 17.5 Å². The van der Waals surface area contributed by atoms with Gasteiger partial charge in [-0.05, 0) is 24.6 Å². The molecule has 0 saturated heterocycles. The monoisotopic (exact) mass is 343 g/mol. The summed E-state index contributed by atoms with van der Waals surface area (Å²) in [6.45, 7) is 3.06. The second-order valence-corrected chi connectivity index (χ2v) is 5.95. The number of carbonyl (C=O) groups is 1. The maximum atomic E-state index is 12.1. The number of carbonyl (C=O) groups excluding carboxylic acids is 1. The van der Waals surface area contributed by atoms with Crippen molar-refractivity contribution in [3.05, 3.63) is 65.0 Å². The lowest BCUT2D eigenvalue weighted by Gasteiger charge is -2.25. The topological polar surface area (TPSA) is 71.0 Å². The van der Waals surface area contributed by atoms with Crippen LogP contribution in [0, 0.1) is 0 Å². The first-order valence-corrected chi connectivity index (χ1v) is 8.14. The highest BCUT2D eigenvalue weighted by molar-refractivity contribution is 6.29. The highest BCUT2D eigenvalue weighted by Crippen LogP contribution is 2.12. The van der Waals surface area contributed by atoms with E-state index in [-0.39, 0.29) is 5.91 Å². The van der Waals surface area contributed by atoms with Crippen molar-refractivity contribution in [2.45, 2.75) is 13.0 Å². The molecular formula is C17H18ClN5O. The molecule has 0 atom stereocenters. The summed E-state index contributed by atoms with van der Waals surface area (Å²) in [7, 11) is 0. The maximum absolute atomic E-state index is 12.1. The Labute approximate surface area is 145 Å². The molecule has 0 aromatic carbocycles. The van der Waals surface area contributed by atoms with Crippen LogP contribution in [-0.4, -0.2) is 45.4 Å². The van der Waals surface area contributed by atoms with Gasteiger partial charge in [-0.25, -0.2) is 15.0 Å². The van der Waals surface area contributed by atoms with Crippen molar-refractivity contribution in [1.82, 2.24) is 25.2 Å². The molecule has 0 spiro atoms. The molecule has 0 unspecified atom stereocenters. The van der Waals surface area contributed by atoms with Crippen molar-refractivity contribution in [3.8, 4) is 0 Å². The van der Waals surface area contributed by atoms with Crippen LogP contribution < -0.4 is 5.32 Å². The number of nitrogens with zero attached hydrogens (tertiary/aromatic N) is 4. The number of hydrogen-bond acceptors (Lipinski definition) is 5. The molecule has 3 rings (SSSR count). The quantitative estimate of drug-likeness (QED) is 0.665. The van der Waals surface area contributed by atoms with Crippen LogP contribution in [0.4, 0.5) is 0 Å². The van der Waals surface area contributed by atoms with E-state index in [0.29, 0.717) is 17.3 Å². The fraction of sp³-hybridized carbons (Fsp3) is 0.294. The van der Waals surface area contributed by atoms with Crippen LogP contribution in [0.2, 0.25) is 5.15 Å². The summed E-state index contributed by atoms with van der Waals surface area (Å²) < 4.78 is 0. The van der Waals surface area contributed by atoms with Crippen molar-refractivity contribution in [2.24, 2.45) is 0 Å². The SMILES string of the molecule is O=C(NCC1=CCN(Cc2ncccn2)CC1)c1ccnc(Cl)c1. The van der Waals surface area contributed by atoms with Gasteiger partial charge in [0.1, 0.15) is 11.0 Å². The molecule has 24 heavy (non-hydrogen) atoms. The van der Waals surface area contributed by atoms with Crippen LogP contribution in [0.3, 0.4) is 0 Å². The van der Waals surface area contributed by atoms with E-state index >= 15 is 0 Å². The number of aromatic nitrogens is 3. The van der Waals surface area contributed by atoms with Crippen LogP contribution in [0.25, 0.3) is 0 Å². The normalized spacial score (nSPS) is 15.0. The van der Waals surface area contributed by atoms with E-state index in [1.807, 2.05) is 6.07 Å². The molecule has 6 nitrogen and oxygen atoms in total. The van der Waals surface area contributed by atoms with Gasteiger partial charge in [0.05, 0.1) is 6.54 Å². The van der Waals surface area contributed by atoms with Crippen molar-refractivity contribution < 1.29 is 4.79 Å². The van der Waals surface area contributed by atoms with Gasteiger partial charge in [0, 0.05) is 43.8 Å². The summed E-state index contributed by atoms with van der Waals surface area (Å²) in [5.74, 6) is 0.692. The molecule has 1 aliphatic rings. The highest BCUT2D eigenvalue weighted by Gasteiger charge is 2.14. The van der Waals surface area contributed by atoms with Crippen LogP contribution >= 0.6 is 11.6 Å². The molecular weight excluding hydrogens is 326 g/mol. The largest absolute Gasteiger partial charge is 0.348 e. The van der Waals surface area contributed by atoms with Crippen molar-refractivity contribution in [2.75, 3.05) is 19.6 Å². The molecule has 1 amide bonds. The molecule has 0 fully saturated rings. The Morgan fingerprint density at radius 2 is 2.08 bits per heavy atom. The lowest BCUT2D eigenvalue weighted by Crippen LogP contribution is -2.32. The number of rotatable bonds is 5. The molecule has 1 N–H and O–H groups in total. The average Bonchev–Trinajstić information content (AvgIpc) is 2.62. The standard InChI is InChI=1S/C17H18ClN5O/c18-15-10-14(2-7-19-15)17(24)22-11-13-3-8-23(9-4-13)12-16-20-5-1-6-21-16/h1-3,5-7,10H,4,8-9,11-12H2,(H,22,24). The Morgan fingerprint density at radius 1 is 1.25 bits per heavy atom. The predicted octanol–water partition coefficient (Wildman–Crippen LogP) is 2.09. The minimum atomic E-state index is -0.139. The highest BCUT2D eigenvalue weighted by atomic mass is 35.5. The average molecular weight is 344 g/mol. The molecule has 7 heteroatoms. The molecule has 3 heterocycles. The molecule has 2 aromatic rings. The molecule has 2 aromatic heterocycles. The Bertz CT molecular complexity index is 735. The maximum Gasteiger partial charge on any atom is 0.251 e. The van der Waals surface area contributed by atoms with E-state index in [4.69, 9.17) is 11.6 Å². The van der Waals surface area contributed by atoms with Gasteiger partial charge < -0.3 is 5.32 Å². The first-order chi connectivity index (χ1) is 11.7. The van der Waals surface area contributed by atoms with Gasteiger partial charge in [0.2, 0.25) is 0 Å². The first-order valence-electron chi connectivity index (χ1n) is 7.76. The van der Waals surface area contributed by atoms with Gasteiger partial charge in [0.25, 0.3) is 5.91 Å². The number of hydrogen-bond donors (Lipinski definition) is 1. The Kier molecular flexibility index (Phi) is 5.51. The van der Waals surface area contributed by atoms with E-state index in [2.05, 4.69) is 31.2 Å². The summed E-state index contributed by atoms with van der Waals surface area (Å²) in [6.07, 6.45) is 8.12. The van der Waals surface area contributed by atoms with Crippen LogP contribution in [0.15, 0.2) is 48.4 Å². The van der Waals surface area contributed by atoms with Crippen LogP contribution in [0.1, 0.15) is 22.6 Å². The zero-order chi connectivity index (χ0) is 16.8. The lowest BCUT2D eigenvalue weighted by molar-refractivity contribution is 0.0956. The lowest BCUT2D eigenvalue weighted by atomic mass is 10.1. The van der Waals surface area contributed by atoms with Gasteiger partial charge in [-0.2, -0.15) is 0 Å². The zero-order valence-electron chi connectivity index (χ0n) is 13.2. The molecule has 1 aliphatic heterocycles. The molecule has 124 valence electrons. The van der Waals surface area contributed by atoms with Gasteiger partial charge >= 0.3 is 0 Å². The van der Waals surface area contributed by atoms with Gasteiger partial charge in [-0.3, -0.25) is 9.69 Å². The zero-order valence-corrected chi connectivity index (χ0v) is 13.9.